The number of rotatable bonds is 4. The summed E-state index contributed by atoms with van der Waals surface area (Å²) >= 11 is 0. The van der Waals surface area contributed by atoms with Crippen molar-refractivity contribution >= 4 is 11.8 Å². The van der Waals surface area contributed by atoms with Crippen molar-refractivity contribution in [1.82, 2.24) is 10.2 Å². The van der Waals surface area contributed by atoms with Gasteiger partial charge in [0.05, 0.1) is 19.2 Å². The summed E-state index contributed by atoms with van der Waals surface area (Å²) in [5, 5.41) is 10.8. The van der Waals surface area contributed by atoms with Crippen molar-refractivity contribution in [2.75, 3.05) is 26.8 Å². The SMILES string of the molecule is COCC(=O)NCC(=O)N1CC1C#N. The van der Waals surface area contributed by atoms with Crippen molar-refractivity contribution < 1.29 is 14.3 Å². The van der Waals surface area contributed by atoms with Crippen LogP contribution in [0.1, 0.15) is 0 Å². The summed E-state index contributed by atoms with van der Waals surface area (Å²) in [6.45, 7) is 0.338. The minimum atomic E-state index is -0.337. The van der Waals surface area contributed by atoms with E-state index in [1.807, 2.05) is 6.07 Å². The highest BCUT2D eigenvalue weighted by Crippen LogP contribution is 2.15. The number of carbonyl (C=O) groups is 2. The van der Waals surface area contributed by atoms with Crippen LogP contribution in [-0.2, 0) is 14.3 Å². The first-order valence-electron chi connectivity index (χ1n) is 4.13. The van der Waals surface area contributed by atoms with Gasteiger partial charge in [0.25, 0.3) is 0 Å². The van der Waals surface area contributed by atoms with Crippen molar-refractivity contribution in [2.45, 2.75) is 6.04 Å². The van der Waals surface area contributed by atoms with Gasteiger partial charge in [0.1, 0.15) is 12.6 Å². The summed E-state index contributed by atoms with van der Waals surface area (Å²) in [5.41, 5.74) is 0. The molecular formula is C8H11N3O3. The number of hydrogen-bond acceptors (Lipinski definition) is 4. The van der Waals surface area contributed by atoms with Crippen molar-refractivity contribution in [3.05, 3.63) is 0 Å². The molecular weight excluding hydrogens is 186 g/mol. The highest BCUT2D eigenvalue weighted by Gasteiger charge is 2.38. The van der Waals surface area contributed by atoms with Gasteiger partial charge in [0.2, 0.25) is 11.8 Å². The highest BCUT2D eigenvalue weighted by molar-refractivity contribution is 5.86. The number of ether oxygens (including phenoxy) is 1. The summed E-state index contributed by atoms with van der Waals surface area (Å²) in [5.74, 6) is -0.572. The molecule has 14 heavy (non-hydrogen) atoms. The Morgan fingerprint density at radius 2 is 2.43 bits per heavy atom. The molecule has 0 aliphatic carbocycles. The molecule has 1 unspecified atom stereocenters. The summed E-state index contributed by atoms with van der Waals surface area (Å²) in [4.78, 5) is 23.5. The van der Waals surface area contributed by atoms with Crippen molar-refractivity contribution in [1.29, 1.82) is 5.26 Å². The predicted molar refractivity (Wildman–Crippen MR) is 46.0 cm³/mol. The molecule has 1 N–H and O–H groups in total. The molecule has 0 saturated carbocycles. The lowest BCUT2D eigenvalue weighted by Crippen LogP contribution is -2.35. The van der Waals surface area contributed by atoms with Crippen LogP contribution in [0.3, 0.4) is 0 Å². The predicted octanol–water partition coefficient (Wildman–Crippen LogP) is -1.52. The van der Waals surface area contributed by atoms with E-state index < -0.39 is 0 Å². The largest absolute Gasteiger partial charge is 0.375 e. The molecule has 1 fully saturated rings. The van der Waals surface area contributed by atoms with E-state index in [0.717, 1.165) is 0 Å². The number of hydrogen-bond donors (Lipinski definition) is 1. The van der Waals surface area contributed by atoms with Gasteiger partial charge in [-0.2, -0.15) is 5.26 Å². The molecule has 0 spiro atoms. The van der Waals surface area contributed by atoms with Crippen LogP contribution in [0.15, 0.2) is 0 Å². The van der Waals surface area contributed by atoms with E-state index in [1.54, 1.807) is 0 Å². The molecule has 6 nitrogen and oxygen atoms in total. The topological polar surface area (TPSA) is 82.2 Å². The minimum Gasteiger partial charge on any atom is -0.375 e. The number of amides is 2. The second-order valence-electron chi connectivity index (χ2n) is 2.90. The van der Waals surface area contributed by atoms with Crippen LogP contribution in [0.5, 0.6) is 0 Å². The maximum absolute atomic E-state index is 11.2. The van der Waals surface area contributed by atoms with Crippen LogP contribution >= 0.6 is 0 Å². The van der Waals surface area contributed by atoms with Gasteiger partial charge in [0, 0.05) is 7.11 Å². The minimum absolute atomic E-state index is 0.0606. The van der Waals surface area contributed by atoms with Crippen LogP contribution in [-0.4, -0.2) is 49.6 Å². The number of carbonyl (C=O) groups excluding carboxylic acids is 2. The second-order valence-corrected chi connectivity index (χ2v) is 2.90. The molecule has 76 valence electrons. The Kier molecular flexibility index (Phi) is 3.42. The Labute approximate surface area is 81.4 Å². The Morgan fingerprint density at radius 1 is 1.71 bits per heavy atom. The monoisotopic (exact) mass is 197 g/mol. The standard InChI is InChI=1S/C8H11N3O3/c1-14-5-7(12)10-3-8(13)11-4-6(11)2-9/h6H,3-5H2,1H3,(H,10,12). The molecule has 0 aromatic carbocycles. The van der Waals surface area contributed by atoms with Gasteiger partial charge in [-0.15, -0.1) is 0 Å². The molecule has 1 rings (SSSR count). The lowest BCUT2D eigenvalue weighted by Gasteiger charge is -2.03. The molecule has 0 bridgehead atoms. The normalized spacial score (nSPS) is 18.6. The Balaban J connectivity index is 2.17. The van der Waals surface area contributed by atoms with Gasteiger partial charge in [-0.3, -0.25) is 9.59 Å². The fourth-order valence-electron chi connectivity index (χ4n) is 0.983. The third-order valence-corrected chi connectivity index (χ3v) is 1.79. The fraction of sp³-hybridized carbons (Fsp3) is 0.625. The van der Waals surface area contributed by atoms with Crippen LogP contribution in [0.4, 0.5) is 0 Å². The van der Waals surface area contributed by atoms with Gasteiger partial charge in [-0.25, -0.2) is 0 Å². The zero-order valence-corrected chi connectivity index (χ0v) is 7.82. The highest BCUT2D eigenvalue weighted by atomic mass is 16.5. The van der Waals surface area contributed by atoms with E-state index in [2.05, 4.69) is 10.1 Å². The third kappa shape index (κ3) is 2.71. The van der Waals surface area contributed by atoms with Crippen LogP contribution in [0, 0.1) is 11.3 Å². The van der Waals surface area contributed by atoms with Gasteiger partial charge in [-0.1, -0.05) is 0 Å². The van der Waals surface area contributed by atoms with E-state index in [-0.39, 0.29) is 31.0 Å². The zero-order chi connectivity index (χ0) is 10.6. The van der Waals surface area contributed by atoms with Gasteiger partial charge in [-0.05, 0) is 0 Å². The van der Waals surface area contributed by atoms with E-state index >= 15 is 0 Å². The number of methoxy groups -OCH3 is 1. The fourth-order valence-corrected chi connectivity index (χ4v) is 0.983. The number of nitriles is 1. The quantitative estimate of drug-likeness (QED) is 0.555. The summed E-state index contributed by atoms with van der Waals surface area (Å²) in [6, 6.07) is 1.65. The van der Waals surface area contributed by atoms with Crippen LogP contribution in [0.2, 0.25) is 0 Å². The Morgan fingerprint density at radius 3 is 2.93 bits per heavy atom. The van der Waals surface area contributed by atoms with E-state index in [9.17, 15) is 9.59 Å². The first-order valence-corrected chi connectivity index (χ1v) is 4.13. The van der Waals surface area contributed by atoms with Gasteiger partial charge >= 0.3 is 0 Å². The Hall–Kier alpha value is -1.61. The van der Waals surface area contributed by atoms with Crippen molar-refractivity contribution in [2.24, 2.45) is 0 Å². The van der Waals surface area contributed by atoms with E-state index in [4.69, 9.17) is 5.26 Å². The molecule has 2 amide bonds. The first kappa shape index (κ1) is 10.5. The summed E-state index contributed by atoms with van der Waals surface area (Å²) in [7, 11) is 1.40. The zero-order valence-electron chi connectivity index (χ0n) is 7.82. The lowest BCUT2D eigenvalue weighted by atomic mass is 10.5. The van der Waals surface area contributed by atoms with Crippen molar-refractivity contribution in [3.63, 3.8) is 0 Å². The van der Waals surface area contributed by atoms with E-state index in [1.165, 1.54) is 12.0 Å². The van der Waals surface area contributed by atoms with Gasteiger partial charge < -0.3 is 15.0 Å². The van der Waals surface area contributed by atoms with Gasteiger partial charge in [0.15, 0.2) is 0 Å². The maximum atomic E-state index is 11.2. The average molecular weight is 197 g/mol. The maximum Gasteiger partial charge on any atom is 0.246 e. The molecule has 0 aromatic rings. The molecule has 1 atom stereocenters. The molecule has 1 saturated heterocycles. The smallest absolute Gasteiger partial charge is 0.246 e. The number of nitrogens with one attached hydrogen (secondary N) is 1. The van der Waals surface area contributed by atoms with E-state index in [0.29, 0.717) is 6.54 Å². The lowest BCUT2D eigenvalue weighted by molar-refractivity contribution is -0.130. The molecule has 6 heteroatoms. The Bertz CT molecular complexity index is 284. The molecule has 1 aliphatic heterocycles. The van der Waals surface area contributed by atoms with Crippen molar-refractivity contribution in [3.8, 4) is 6.07 Å². The third-order valence-electron chi connectivity index (χ3n) is 1.79. The summed E-state index contributed by atoms with van der Waals surface area (Å²) < 4.78 is 4.57. The van der Waals surface area contributed by atoms with Crippen LogP contribution < -0.4 is 5.32 Å². The molecule has 0 radical (unpaired) electrons. The molecule has 1 heterocycles. The molecule has 0 aromatic heterocycles. The number of nitrogens with zero attached hydrogens (tertiary/aromatic N) is 2. The average Bonchev–Trinajstić information content (AvgIpc) is 2.93. The summed E-state index contributed by atoms with van der Waals surface area (Å²) in [6.07, 6.45) is 0. The molecule has 1 aliphatic rings. The first-order chi connectivity index (χ1) is 6.69. The van der Waals surface area contributed by atoms with Crippen LogP contribution in [0.25, 0.3) is 0 Å². The second kappa shape index (κ2) is 4.58.